The highest BCUT2D eigenvalue weighted by atomic mass is 16.5. The van der Waals surface area contributed by atoms with E-state index >= 15 is 0 Å². The van der Waals surface area contributed by atoms with Gasteiger partial charge in [0.15, 0.2) is 0 Å². The Morgan fingerprint density at radius 2 is 2.11 bits per heavy atom. The predicted octanol–water partition coefficient (Wildman–Crippen LogP) is 1.47. The molecule has 18 heavy (non-hydrogen) atoms. The number of carbonyl (C=O) groups excluding carboxylic acids is 1. The Morgan fingerprint density at radius 3 is 2.83 bits per heavy atom. The number of hydrogen-bond donors (Lipinski definition) is 2. The SMILES string of the molecule is N#Cc1cccc2c1NC(=O)C1(CCOCC1)N2. The molecule has 0 aromatic heterocycles. The Labute approximate surface area is 105 Å². The number of para-hydroxylation sites is 1. The molecule has 2 N–H and O–H groups in total. The summed E-state index contributed by atoms with van der Waals surface area (Å²) in [5.74, 6) is -0.0685. The van der Waals surface area contributed by atoms with E-state index < -0.39 is 5.54 Å². The topological polar surface area (TPSA) is 74.2 Å². The van der Waals surface area contributed by atoms with Gasteiger partial charge in [-0.1, -0.05) is 6.07 Å². The number of benzene rings is 1. The highest BCUT2D eigenvalue weighted by molar-refractivity contribution is 6.07. The van der Waals surface area contributed by atoms with Crippen molar-refractivity contribution in [2.24, 2.45) is 0 Å². The van der Waals surface area contributed by atoms with Gasteiger partial charge in [0.1, 0.15) is 11.6 Å². The number of hydrogen-bond acceptors (Lipinski definition) is 4. The number of carbonyl (C=O) groups is 1. The second-order valence-corrected chi connectivity index (χ2v) is 4.61. The Balaban J connectivity index is 2.02. The first-order valence-electron chi connectivity index (χ1n) is 5.96. The summed E-state index contributed by atoms with van der Waals surface area (Å²) >= 11 is 0. The van der Waals surface area contributed by atoms with Gasteiger partial charge in [-0.05, 0) is 12.1 Å². The summed E-state index contributed by atoms with van der Waals surface area (Å²) in [6.45, 7) is 1.15. The van der Waals surface area contributed by atoms with Gasteiger partial charge in [-0.25, -0.2) is 0 Å². The van der Waals surface area contributed by atoms with E-state index in [-0.39, 0.29) is 5.91 Å². The summed E-state index contributed by atoms with van der Waals surface area (Å²) in [6.07, 6.45) is 1.30. The molecule has 5 heteroatoms. The largest absolute Gasteiger partial charge is 0.381 e. The summed E-state index contributed by atoms with van der Waals surface area (Å²) in [5, 5.41) is 15.2. The molecular weight excluding hydrogens is 230 g/mol. The van der Waals surface area contributed by atoms with Crippen molar-refractivity contribution in [3.05, 3.63) is 23.8 Å². The first-order chi connectivity index (χ1) is 8.75. The van der Waals surface area contributed by atoms with Gasteiger partial charge < -0.3 is 15.4 Å². The first-order valence-corrected chi connectivity index (χ1v) is 5.96. The van der Waals surface area contributed by atoms with Crippen molar-refractivity contribution in [3.63, 3.8) is 0 Å². The monoisotopic (exact) mass is 243 g/mol. The standard InChI is InChI=1S/C13H13N3O2/c14-8-9-2-1-3-10-11(9)15-12(17)13(16-10)4-6-18-7-5-13/h1-3,16H,4-7H2,(H,15,17). The molecule has 0 bridgehead atoms. The maximum Gasteiger partial charge on any atom is 0.250 e. The lowest BCUT2D eigenvalue weighted by molar-refractivity contribution is -0.123. The van der Waals surface area contributed by atoms with Crippen molar-refractivity contribution < 1.29 is 9.53 Å². The minimum atomic E-state index is -0.584. The zero-order valence-electron chi connectivity index (χ0n) is 9.82. The van der Waals surface area contributed by atoms with Gasteiger partial charge in [-0.2, -0.15) is 5.26 Å². The maximum atomic E-state index is 12.3. The lowest BCUT2D eigenvalue weighted by Gasteiger charge is -2.41. The van der Waals surface area contributed by atoms with E-state index in [1.807, 2.05) is 12.1 Å². The number of anilines is 2. The van der Waals surface area contributed by atoms with E-state index in [0.717, 1.165) is 5.69 Å². The Bertz CT molecular complexity index is 542. The number of rotatable bonds is 0. The molecule has 0 unspecified atom stereocenters. The number of amides is 1. The van der Waals surface area contributed by atoms with Crippen LogP contribution < -0.4 is 10.6 Å². The van der Waals surface area contributed by atoms with Gasteiger partial charge in [0.05, 0.1) is 16.9 Å². The molecular formula is C13H13N3O2. The summed E-state index contributed by atoms with van der Waals surface area (Å²) in [4.78, 5) is 12.3. The van der Waals surface area contributed by atoms with E-state index in [0.29, 0.717) is 37.3 Å². The first kappa shape index (κ1) is 11.1. The maximum absolute atomic E-state index is 12.3. The lowest BCUT2D eigenvalue weighted by Crippen LogP contribution is -2.55. The molecule has 0 atom stereocenters. The average Bonchev–Trinajstić information content (AvgIpc) is 2.41. The second-order valence-electron chi connectivity index (χ2n) is 4.61. The van der Waals surface area contributed by atoms with Crippen LogP contribution in [0.2, 0.25) is 0 Å². The van der Waals surface area contributed by atoms with Crippen molar-refractivity contribution in [1.82, 2.24) is 0 Å². The molecule has 1 fully saturated rings. The van der Waals surface area contributed by atoms with Crippen LogP contribution in [0, 0.1) is 11.3 Å². The van der Waals surface area contributed by atoms with Gasteiger partial charge >= 0.3 is 0 Å². The van der Waals surface area contributed by atoms with E-state index in [4.69, 9.17) is 10.00 Å². The van der Waals surface area contributed by atoms with E-state index in [9.17, 15) is 4.79 Å². The quantitative estimate of drug-likeness (QED) is 0.723. The highest BCUT2D eigenvalue weighted by Gasteiger charge is 2.43. The fourth-order valence-electron chi connectivity index (χ4n) is 2.50. The van der Waals surface area contributed by atoms with Crippen molar-refractivity contribution in [2.45, 2.75) is 18.4 Å². The summed E-state index contributed by atoms with van der Waals surface area (Å²) in [5.41, 5.74) is 1.30. The molecule has 2 aliphatic rings. The van der Waals surface area contributed by atoms with E-state index in [2.05, 4.69) is 16.7 Å². The molecule has 2 aliphatic heterocycles. The van der Waals surface area contributed by atoms with Gasteiger partial charge in [-0.3, -0.25) is 4.79 Å². The minimum absolute atomic E-state index is 0.0685. The Morgan fingerprint density at radius 1 is 1.33 bits per heavy atom. The van der Waals surface area contributed by atoms with Crippen LogP contribution in [-0.2, 0) is 9.53 Å². The van der Waals surface area contributed by atoms with Crippen LogP contribution >= 0.6 is 0 Å². The third kappa shape index (κ3) is 1.54. The number of fused-ring (bicyclic) bond motifs is 1. The van der Waals surface area contributed by atoms with Crippen molar-refractivity contribution in [1.29, 1.82) is 5.26 Å². The van der Waals surface area contributed by atoms with Crippen LogP contribution in [-0.4, -0.2) is 24.7 Å². The number of nitrogens with zero attached hydrogens (tertiary/aromatic N) is 1. The molecule has 1 amide bonds. The molecule has 0 saturated carbocycles. The highest BCUT2D eigenvalue weighted by Crippen LogP contribution is 2.37. The number of nitriles is 1. The summed E-state index contributed by atoms with van der Waals surface area (Å²) in [7, 11) is 0. The van der Waals surface area contributed by atoms with Crippen molar-refractivity contribution >= 4 is 17.3 Å². The molecule has 1 aromatic carbocycles. The third-order valence-electron chi connectivity index (χ3n) is 3.58. The zero-order valence-corrected chi connectivity index (χ0v) is 9.82. The molecule has 1 saturated heterocycles. The van der Waals surface area contributed by atoms with Gasteiger partial charge in [-0.15, -0.1) is 0 Å². The van der Waals surface area contributed by atoms with E-state index in [1.165, 1.54) is 0 Å². The number of nitrogens with one attached hydrogen (secondary N) is 2. The Hall–Kier alpha value is -2.06. The zero-order chi connectivity index (χ0) is 12.6. The minimum Gasteiger partial charge on any atom is -0.381 e. The molecule has 1 aromatic rings. The summed E-state index contributed by atoms with van der Waals surface area (Å²) < 4.78 is 5.31. The van der Waals surface area contributed by atoms with Crippen LogP contribution in [0.5, 0.6) is 0 Å². The van der Waals surface area contributed by atoms with Crippen LogP contribution in [0.15, 0.2) is 18.2 Å². The fourth-order valence-corrected chi connectivity index (χ4v) is 2.50. The molecule has 0 radical (unpaired) electrons. The number of ether oxygens (including phenoxy) is 1. The fraction of sp³-hybridized carbons (Fsp3) is 0.385. The van der Waals surface area contributed by atoms with Crippen molar-refractivity contribution in [3.8, 4) is 6.07 Å². The smallest absolute Gasteiger partial charge is 0.250 e. The summed E-state index contributed by atoms with van der Waals surface area (Å²) in [6, 6.07) is 7.48. The molecule has 92 valence electrons. The van der Waals surface area contributed by atoms with Crippen LogP contribution in [0.4, 0.5) is 11.4 Å². The normalized spacial score (nSPS) is 20.5. The molecule has 0 aliphatic carbocycles. The van der Waals surface area contributed by atoms with Crippen LogP contribution in [0.3, 0.4) is 0 Å². The second kappa shape index (κ2) is 4.00. The average molecular weight is 243 g/mol. The van der Waals surface area contributed by atoms with Crippen LogP contribution in [0.1, 0.15) is 18.4 Å². The van der Waals surface area contributed by atoms with Crippen molar-refractivity contribution in [2.75, 3.05) is 23.8 Å². The van der Waals surface area contributed by atoms with Gasteiger partial charge in [0.25, 0.3) is 0 Å². The lowest BCUT2D eigenvalue weighted by atomic mass is 9.86. The van der Waals surface area contributed by atoms with E-state index in [1.54, 1.807) is 6.07 Å². The molecule has 2 heterocycles. The molecule has 3 rings (SSSR count). The third-order valence-corrected chi connectivity index (χ3v) is 3.58. The molecule has 5 nitrogen and oxygen atoms in total. The van der Waals surface area contributed by atoms with Gasteiger partial charge in [0.2, 0.25) is 5.91 Å². The predicted molar refractivity (Wildman–Crippen MR) is 66.2 cm³/mol. The van der Waals surface area contributed by atoms with Crippen LogP contribution in [0.25, 0.3) is 0 Å². The molecule has 1 spiro atoms. The Kier molecular flexibility index (Phi) is 2.46. The van der Waals surface area contributed by atoms with Gasteiger partial charge in [0, 0.05) is 26.1 Å².